The molecule has 1 aromatic heterocycles. The first-order chi connectivity index (χ1) is 13.5. The van der Waals surface area contributed by atoms with Gasteiger partial charge in [-0.05, 0) is 57.8 Å². The van der Waals surface area contributed by atoms with E-state index in [9.17, 15) is 14.4 Å². The normalized spacial score (nSPS) is 12.5. The first kappa shape index (κ1) is 23.1. The van der Waals surface area contributed by atoms with E-state index in [4.69, 9.17) is 25.5 Å². The molecule has 1 N–H and O–H groups in total. The van der Waals surface area contributed by atoms with Crippen LogP contribution < -0.4 is 15.7 Å². The van der Waals surface area contributed by atoms with E-state index in [0.29, 0.717) is 23.1 Å². The summed E-state index contributed by atoms with van der Waals surface area (Å²) in [4.78, 5) is 36.4. The van der Waals surface area contributed by atoms with Crippen molar-refractivity contribution in [2.45, 2.75) is 45.8 Å². The highest BCUT2D eigenvalue weighted by atomic mass is 35.5. The molecular weight excluding hydrogens is 418 g/mol. The second-order valence-electron chi connectivity index (χ2n) is 7.43. The number of thioether (sulfide) groups is 1. The smallest absolute Gasteiger partial charge is 0.408 e. The van der Waals surface area contributed by atoms with Crippen molar-refractivity contribution in [1.29, 1.82) is 0 Å². The summed E-state index contributed by atoms with van der Waals surface area (Å²) in [5.41, 5.74) is -0.266. The molecule has 1 unspecified atom stereocenters. The lowest BCUT2D eigenvalue weighted by molar-refractivity contribution is -0.136. The molecule has 0 saturated heterocycles. The van der Waals surface area contributed by atoms with E-state index < -0.39 is 29.3 Å². The number of amides is 1. The predicted molar refractivity (Wildman–Crippen MR) is 114 cm³/mol. The van der Waals surface area contributed by atoms with Crippen LogP contribution in [0.15, 0.2) is 27.4 Å². The zero-order valence-corrected chi connectivity index (χ0v) is 18.5. The largest absolute Gasteiger partial charge is 0.444 e. The van der Waals surface area contributed by atoms with Crippen LogP contribution in [0.1, 0.15) is 32.8 Å². The number of carbonyl (C=O) groups is 2. The highest BCUT2D eigenvalue weighted by Crippen LogP contribution is 2.31. The van der Waals surface area contributed by atoms with Crippen molar-refractivity contribution in [3.8, 4) is 5.75 Å². The van der Waals surface area contributed by atoms with Crippen LogP contribution in [0.25, 0.3) is 11.0 Å². The summed E-state index contributed by atoms with van der Waals surface area (Å²) in [6.45, 7) is 6.94. The number of esters is 1. The van der Waals surface area contributed by atoms with Crippen molar-refractivity contribution < 1.29 is 23.5 Å². The van der Waals surface area contributed by atoms with Gasteiger partial charge in [0, 0.05) is 17.5 Å². The van der Waals surface area contributed by atoms with Crippen molar-refractivity contribution in [3.05, 3.63) is 39.2 Å². The molecule has 0 radical (unpaired) electrons. The average molecular weight is 442 g/mol. The van der Waals surface area contributed by atoms with E-state index in [0.717, 1.165) is 0 Å². The molecular formula is C20H24ClNO6S. The van der Waals surface area contributed by atoms with Crippen LogP contribution in [0.5, 0.6) is 5.75 Å². The summed E-state index contributed by atoms with van der Waals surface area (Å²) < 4.78 is 15.8. The summed E-state index contributed by atoms with van der Waals surface area (Å²) >= 11 is 7.77. The molecule has 0 saturated carbocycles. The Balaban J connectivity index is 2.24. The van der Waals surface area contributed by atoms with Crippen LogP contribution in [-0.2, 0) is 9.53 Å². The maximum Gasteiger partial charge on any atom is 0.408 e. The molecule has 7 nitrogen and oxygen atoms in total. The number of hydrogen-bond donors (Lipinski definition) is 1. The van der Waals surface area contributed by atoms with Crippen LogP contribution in [0, 0.1) is 6.92 Å². The number of hydrogen-bond acceptors (Lipinski definition) is 7. The standard InChI is InChI=1S/C20H24ClNO6S/c1-11-8-17(23)26-15-10-16(13(21)9-12(11)15)27-18(24)14(6-7-29-5)22-19(25)28-20(2,3)4/h8-10,14H,6-7H2,1-5H3,(H,22,25). The van der Waals surface area contributed by atoms with Crippen LogP contribution in [0.2, 0.25) is 5.02 Å². The number of nitrogens with one attached hydrogen (secondary N) is 1. The number of aryl methyl sites for hydroxylation is 1. The second-order valence-corrected chi connectivity index (χ2v) is 8.82. The first-order valence-electron chi connectivity index (χ1n) is 8.94. The fraction of sp³-hybridized carbons (Fsp3) is 0.450. The van der Waals surface area contributed by atoms with E-state index in [1.54, 1.807) is 33.8 Å². The zero-order valence-electron chi connectivity index (χ0n) is 17.0. The molecule has 0 bridgehead atoms. The topological polar surface area (TPSA) is 94.8 Å². The molecule has 9 heteroatoms. The third kappa shape index (κ3) is 6.68. The summed E-state index contributed by atoms with van der Waals surface area (Å²) in [6.07, 6.45) is 1.52. The Morgan fingerprint density at radius 1 is 1.28 bits per heavy atom. The third-order valence-corrected chi connectivity index (χ3v) is 4.74. The van der Waals surface area contributed by atoms with Gasteiger partial charge in [0.1, 0.15) is 17.2 Å². The Hall–Kier alpha value is -2.19. The molecule has 1 atom stereocenters. The second kappa shape index (κ2) is 9.54. The number of halogens is 1. The Morgan fingerprint density at radius 2 is 1.97 bits per heavy atom. The van der Waals surface area contributed by atoms with Gasteiger partial charge in [-0.3, -0.25) is 0 Å². The number of alkyl carbamates (subject to hydrolysis) is 1. The van der Waals surface area contributed by atoms with Gasteiger partial charge < -0.3 is 19.2 Å². The lowest BCUT2D eigenvalue weighted by Crippen LogP contribution is -2.45. The van der Waals surface area contributed by atoms with Crippen LogP contribution in [0.3, 0.4) is 0 Å². The minimum Gasteiger partial charge on any atom is -0.444 e. The van der Waals surface area contributed by atoms with Crippen LogP contribution in [0.4, 0.5) is 4.79 Å². The van der Waals surface area contributed by atoms with Gasteiger partial charge in [-0.2, -0.15) is 11.8 Å². The van der Waals surface area contributed by atoms with Gasteiger partial charge in [0.25, 0.3) is 0 Å². The molecule has 0 spiro atoms. The Bertz CT molecular complexity index is 966. The van der Waals surface area contributed by atoms with Crippen molar-refractivity contribution in [2.75, 3.05) is 12.0 Å². The van der Waals surface area contributed by atoms with Gasteiger partial charge >= 0.3 is 17.7 Å². The van der Waals surface area contributed by atoms with Gasteiger partial charge in [0.05, 0.1) is 5.02 Å². The van der Waals surface area contributed by atoms with E-state index in [1.807, 2.05) is 6.26 Å². The molecule has 0 fully saturated rings. The molecule has 0 aliphatic heterocycles. The van der Waals surface area contributed by atoms with Crippen molar-refractivity contribution >= 4 is 46.4 Å². The zero-order chi connectivity index (χ0) is 21.8. The van der Waals surface area contributed by atoms with Gasteiger partial charge in [-0.15, -0.1) is 0 Å². The molecule has 1 aromatic carbocycles. The number of fused-ring (bicyclic) bond motifs is 1. The van der Waals surface area contributed by atoms with Crippen LogP contribution >= 0.6 is 23.4 Å². The number of ether oxygens (including phenoxy) is 2. The summed E-state index contributed by atoms with van der Waals surface area (Å²) in [6, 6.07) is 3.39. The molecule has 1 heterocycles. The molecule has 1 amide bonds. The molecule has 29 heavy (non-hydrogen) atoms. The molecule has 158 valence electrons. The van der Waals surface area contributed by atoms with Gasteiger partial charge in [0.2, 0.25) is 0 Å². The molecule has 0 aliphatic rings. The molecule has 2 rings (SSSR count). The fourth-order valence-corrected chi connectivity index (χ4v) is 3.19. The van der Waals surface area contributed by atoms with E-state index in [1.165, 1.54) is 23.9 Å². The SMILES string of the molecule is CSCCC(NC(=O)OC(C)(C)C)C(=O)Oc1cc2oc(=O)cc(C)c2cc1Cl. The quantitative estimate of drug-likeness (QED) is 0.405. The van der Waals surface area contributed by atoms with Gasteiger partial charge in [0.15, 0.2) is 5.75 Å². The van der Waals surface area contributed by atoms with E-state index in [-0.39, 0.29) is 16.4 Å². The van der Waals surface area contributed by atoms with Crippen molar-refractivity contribution in [2.24, 2.45) is 0 Å². The minimum atomic E-state index is -0.923. The van der Waals surface area contributed by atoms with Gasteiger partial charge in [-0.25, -0.2) is 14.4 Å². The lowest BCUT2D eigenvalue weighted by atomic mass is 10.1. The Labute approximate surface area is 178 Å². The highest BCUT2D eigenvalue weighted by Gasteiger charge is 2.26. The summed E-state index contributed by atoms with van der Waals surface area (Å²) in [5, 5.41) is 3.36. The minimum absolute atomic E-state index is 0.0399. The summed E-state index contributed by atoms with van der Waals surface area (Å²) in [5.74, 6) is -0.0334. The Morgan fingerprint density at radius 3 is 2.59 bits per heavy atom. The van der Waals surface area contributed by atoms with Crippen molar-refractivity contribution in [3.63, 3.8) is 0 Å². The summed E-state index contributed by atoms with van der Waals surface area (Å²) in [7, 11) is 0. The Kier molecular flexibility index (Phi) is 7.60. The highest BCUT2D eigenvalue weighted by molar-refractivity contribution is 7.98. The lowest BCUT2D eigenvalue weighted by Gasteiger charge is -2.23. The molecule has 0 aliphatic carbocycles. The van der Waals surface area contributed by atoms with E-state index in [2.05, 4.69) is 5.32 Å². The number of rotatable bonds is 6. The third-order valence-electron chi connectivity index (χ3n) is 3.80. The van der Waals surface area contributed by atoms with Crippen LogP contribution in [-0.4, -0.2) is 35.7 Å². The molecule has 2 aromatic rings. The monoisotopic (exact) mass is 441 g/mol. The number of carbonyl (C=O) groups excluding carboxylic acids is 2. The van der Waals surface area contributed by atoms with Crippen molar-refractivity contribution in [1.82, 2.24) is 5.32 Å². The van der Waals surface area contributed by atoms with Gasteiger partial charge in [-0.1, -0.05) is 11.6 Å². The fourth-order valence-electron chi connectivity index (χ4n) is 2.51. The maximum atomic E-state index is 12.7. The first-order valence-corrected chi connectivity index (χ1v) is 10.7. The maximum absolute atomic E-state index is 12.7. The number of benzene rings is 1. The average Bonchev–Trinajstić information content (AvgIpc) is 2.58. The predicted octanol–water partition coefficient (Wildman–Crippen LogP) is 4.31. The van der Waals surface area contributed by atoms with E-state index >= 15 is 0 Å².